The molecule has 1 aliphatic rings. The predicted octanol–water partition coefficient (Wildman–Crippen LogP) is 2.98. The van der Waals surface area contributed by atoms with Crippen LogP contribution in [0.2, 0.25) is 0 Å². The quantitative estimate of drug-likeness (QED) is 0.396. The van der Waals surface area contributed by atoms with E-state index in [9.17, 15) is 10.4 Å². The number of thioether (sulfide) groups is 1. The van der Waals surface area contributed by atoms with Gasteiger partial charge >= 0.3 is 0 Å². The van der Waals surface area contributed by atoms with Crippen LogP contribution in [0.3, 0.4) is 0 Å². The van der Waals surface area contributed by atoms with Crippen molar-refractivity contribution in [1.82, 2.24) is 29.5 Å². The average molecular weight is 397 g/mol. The van der Waals surface area contributed by atoms with Gasteiger partial charge in [0.2, 0.25) is 0 Å². The summed E-state index contributed by atoms with van der Waals surface area (Å²) in [5.41, 5.74) is 0.154. The standard InChI is InChI=1S/C18H19N7O2S/c1-24-17(14-6-5-9-27-14)22-23-18(24)28-11-13(26)12(10-19)16-21-20-15-7-3-2-4-8-25(15)16/h5-6,9,26H,2-4,7-8,11H2,1H3/b13-12-. The van der Waals surface area contributed by atoms with E-state index in [-0.39, 0.29) is 17.1 Å². The number of nitriles is 1. The third-order valence-corrected chi connectivity index (χ3v) is 5.68. The minimum atomic E-state index is -0.0468. The van der Waals surface area contributed by atoms with E-state index in [0.29, 0.717) is 22.6 Å². The van der Waals surface area contributed by atoms with Crippen molar-refractivity contribution in [3.63, 3.8) is 0 Å². The monoisotopic (exact) mass is 397 g/mol. The summed E-state index contributed by atoms with van der Waals surface area (Å²) in [6.07, 6.45) is 5.62. The van der Waals surface area contributed by atoms with E-state index in [1.807, 2.05) is 11.6 Å². The first-order valence-electron chi connectivity index (χ1n) is 8.99. The molecule has 0 aliphatic carbocycles. The molecule has 10 heteroatoms. The first-order valence-corrected chi connectivity index (χ1v) is 9.98. The highest BCUT2D eigenvalue weighted by Gasteiger charge is 2.21. The number of aryl methyl sites for hydroxylation is 1. The van der Waals surface area contributed by atoms with Crippen LogP contribution in [-0.4, -0.2) is 40.4 Å². The first-order chi connectivity index (χ1) is 13.7. The summed E-state index contributed by atoms with van der Waals surface area (Å²) >= 11 is 1.29. The fourth-order valence-corrected chi connectivity index (χ4v) is 3.97. The number of aromatic nitrogens is 6. The van der Waals surface area contributed by atoms with Crippen LogP contribution in [0.4, 0.5) is 0 Å². The lowest BCUT2D eigenvalue weighted by Gasteiger charge is -2.08. The zero-order chi connectivity index (χ0) is 19.5. The van der Waals surface area contributed by atoms with E-state index in [1.165, 1.54) is 11.8 Å². The summed E-state index contributed by atoms with van der Waals surface area (Å²) in [6.45, 7) is 0.763. The molecule has 0 atom stereocenters. The number of fused-ring (bicyclic) bond motifs is 1. The number of aliphatic hydroxyl groups excluding tert-OH is 1. The largest absolute Gasteiger partial charge is 0.510 e. The number of allylic oxidation sites excluding steroid dienone is 1. The molecule has 0 aromatic carbocycles. The molecule has 0 spiro atoms. The van der Waals surface area contributed by atoms with E-state index in [0.717, 1.165) is 38.1 Å². The summed E-state index contributed by atoms with van der Waals surface area (Å²) in [5, 5.41) is 37.4. The Bertz CT molecular complexity index is 1040. The highest BCUT2D eigenvalue weighted by Crippen LogP contribution is 2.27. The van der Waals surface area contributed by atoms with Crippen LogP contribution in [0.15, 0.2) is 33.7 Å². The molecular weight excluding hydrogens is 378 g/mol. The molecule has 0 amide bonds. The van der Waals surface area contributed by atoms with Crippen molar-refractivity contribution < 1.29 is 9.52 Å². The lowest BCUT2D eigenvalue weighted by Crippen LogP contribution is -2.07. The second-order valence-corrected chi connectivity index (χ2v) is 7.41. The van der Waals surface area contributed by atoms with Gasteiger partial charge in [-0.3, -0.25) is 0 Å². The number of aliphatic hydroxyl groups is 1. The van der Waals surface area contributed by atoms with E-state index in [2.05, 4.69) is 26.5 Å². The Morgan fingerprint density at radius 2 is 2.18 bits per heavy atom. The van der Waals surface area contributed by atoms with Gasteiger partial charge in [0.05, 0.1) is 12.0 Å². The number of nitrogens with zero attached hydrogens (tertiary/aromatic N) is 7. The van der Waals surface area contributed by atoms with Crippen LogP contribution in [0, 0.1) is 11.3 Å². The van der Waals surface area contributed by atoms with Gasteiger partial charge in [-0.05, 0) is 25.0 Å². The first kappa shape index (κ1) is 18.3. The second-order valence-electron chi connectivity index (χ2n) is 6.47. The van der Waals surface area contributed by atoms with Crippen molar-refractivity contribution in [2.45, 2.75) is 37.4 Å². The molecule has 3 aromatic rings. The number of hydrogen-bond acceptors (Lipinski definition) is 8. The molecular formula is C18H19N7O2S. The van der Waals surface area contributed by atoms with Crippen molar-refractivity contribution in [1.29, 1.82) is 5.26 Å². The molecule has 4 rings (SSSR count). The van der Waals surface area contributed by atoms with Gasteiger partial charge < -0.3 is 18.7 Å². The Labute approximate surface area is 165 Å². The summed E-state index contributed by atoms with van der Waals surface area (Å²) in [6, 6.07) is 5.68. The topological polar surface area (TPSA) is 119 Å². The fourth-order valence-electron chi connectivity index (χ4n) is 3.18. The van der Waals surface area contributed by atoms with E-state index in [4.69, 9.17) is 4.42 Å². The van der Waals surface area contributed by atoms with E-state index in [1.54, 1.807) is 23.0 Å². The number of furan rings is 1. The molecule has 28 heavy (non-hydrogen) atoms. The summed E-state index contributed by atoms with van der Waals surface area (Å²) in [5.74, 6) is 2.65. The van der Waals surface area contributed by atoms with Crippen molar-refractivity contribution >= 4 is 17.3 Å². The second kappa shape index (κ2) is 7.90. The van der Waals surface area contributed by atoms with E-state index >= 15 is 0 Å². The van der Waals surface area contributed by atoms with Crippen LogP contribution >= 0.6 is 11.8 Å². The van der Waals surface area contributed by atoms with Crippen molar-refractivity contribution in [2.24, 2.45) is 7.05 Å². The normalized spacial score (nSPS) is 14.9. The minimum absolute atomic E-state index is 0.0468. The van der Waals surface area contributed by atoms with E-state index < -0.39 is 0 Å². The number of rotatable bonds is 5. The minimum Gasteiger partial charge on any atom is -0.510 e. The number of hydrogen-bond donors (Lipinski definition) is 1. The maximum Gasteiger partial charge on any atom is 0.200 e. The molecule has 1 aliphatic heterocycles. The third kappa shape index (κ3) is 3.41. The Kier molecular flexibility index (Phi) is 5.16. The summed E-state index contributed by atoms with van der Waals surface area (Å²) < 4.78 is 9.09. The Morgan fingerprint density at radius 1 is 1.29 bits per heavy atom. The zero-order valence-electron chi connectivity index (χ0n) is 15.4. The molecule has 3 aromatic heterocycles. The molecule has 9 nitrogen and oxygen atoms in total. The van der Waals surface area contributed by atoms with Gasteiger partial charge in [0.25, 0.3) is 0 Å². The van der Waals surface area contributed by atoms with Crippen LogP contribution in [0.25, 0.3) is 17.2 Å². The van der Waals surface area contributed by atoms with Gasteiger partial charge in [0, 0.05) is 20.0 Å². The molecule has 4 heterocycles. The molecule has 0 saturated carbocycles. The van der Waals surface area contributed by atoms with Gasteiger partial charge in [0.1, 0.15) is 23.2 Å². The molecule has 1 N–H and O–H groups in total. The van der Waals surface area contributed by atoms with Crippen LogP contribution in [0.5, 0.6) is 0 Å². The summed E-state index contributed by atoms with van der Waals surface area (Å²) in [7, 11) is 1.82. The van der Waals surface area contributed by atoms with Crippen molar-refractivity contribution in [2.75, 3.05) is 5.75 Å². The molecule has 0 saturated heterocycles. The molecule has 144 valence electrons. The maximum atomic E-state index is 10.6. The maximum absolute atomic E-state index is 10.6. The Hall–Kier alpha value is -3.06. The van der Waals surface area contributed by atoms with Crippen LogP contribution < -0.4 is 0 Å². The molecule has 0 radical (unpaired) electrons. The SMILES string of the molecule is Cn1c(SC/C(O)=C(\C#N)c2nnc3n2CCCCC3)nnc1-c1ccco1. The van der Waals surface area contributed by atoms with Gasteiger partial charge in [-0.2, -0.15) is 5.26 Å². The third-order valence-electron chi connectivity index (χ3n) is 4.65. The highest BCUT2D eigenvalue weighted by molar-refractivity contribution is 7.99. The predicted molar refractivity (Wildman–Crippen MR) is 102 cm³/mol. The van der Waals surface area contributed by atoms with Gasteiger partial charge in [-0.15, -0.1) is 20.4 Å². The Balaban J connectivity index is 1.55. The van der Waals surface area contributed by atoms with Crippen molar-refractivity contribution in [3.8, 4) is 17.7 Å². The summed E-state index contributed by atoms with van der Waals surface area (Å²) in [4.78, 5) is 0. The van der Waals surface area contributed by atoms with Crippen LogP contribution in [-0.2, 0) is 20.0 Å². The van der Waals surface area contributed by atoms with Crippen LogP contribution in [0.1, 0.15) is 30.9 Å². The van der Waals surface area contributed by atoms with Gasteiger partial charge in [-0.25, -0.2) is 0 Å². The lowest BCUT2D eigenvalue weighted by atomic mass is 10.2. The Morgan fingerprint density at radius 3 is 2.96 bits per heavy atom. The van der Waals surface area contributed by atoms with Gasteiger partial charge in [-0.1, -0.05) is 18.2 Å². The van der Waals surface area contributed by atoms with Crippen molar-refractivity contribution in [3.05, 3.63) is 35.8 Å². The lowest BCUT2D eigenvalue weighted by molar-refractivity contribution is 0.419. The molecule has 0 fully saturated rings. The highest BCUT2D eigenvalue weighted by atomic mass is 32.2. The fraction of sp³-hybridized carbons (Fsp3) is 0.389. The molecule has 0 unspecified atom stereocenters. The smallest absolute Gasteiger partial charge is 0.200 e. The van der Waals surface area contributed by atoms with Gasteiger partial charge in [0.15, 0.2) is 22.6 Å². The average Bonchev–Trinajstić information content (AvgIpc) is 3.39. The zero-order valence-corrected chi connectivity index (χ0v) is 16.2. The molecule has 0 bridgehead atoms.